The van der Waals surface area contributed by atoms with Gasteiger partial charge in [0, 0.05) is 54.2 Å². The first kappa shape index (κ1) is 26.3. The fraction of sp³-hybridized carbons (Fsp3) is 0.467. The molecule has 1 aliphatic rings. The molecule has 192 valence electrons. The SMILES string of the molecule is C=C(c1ccc2c(Cl)cc(-c3cnn(C(CC)CC)c3)nc2c1)N1CCN(C(=C)CCCC)C(C)C1. The Labute approximate surface area is 221 Å². The van der Waals surface area contributed by atoms with Crippen molar-refractivity contribution in [3.05, 3.63) is 66.1 Å². The molecule has 1 unspecified atom stereocenters. The fourth-order valence-electron chi connectivity index (χ4n) is 5.23. The number of benzene rings is 1. The number of aromatic nitrogens is 3. The van der Waals surface area contributed by atoms with Gasteiger partial charge in [0.25, 0.3) is 0 Å². The zero-order valence-electron chi connectivity index (χ0n) is 22.3. The van der Waals surface area contributed by atoms with Gasteiger partial charge in [-0.25, -0.2) is 4.98 Å². The van der Waals surface area contributed by atoms with Crippen molar-refractivity contribution in [3.63, 3.8) is 0 Å². The molecule has 36 heavy (non-hydrogen) atoms. The molecule has 1 aliphatic heterocycles. The summed E-state index contributed by atoms with van der Waals surface area (Å²) in [6.45, 7) is 20.6. The van der Waals surface area contributed by atoms with Crippen LogP contribution in [-0.4, -0.2) is 50.2 Å². The third-order valence-corrected chi connectivity index (χ3v) is 7.85. The molecule has 1 atom stereocenters. The van der Waals surface area contributed by atoms with E-state index < -0.39 is 0 Å². The second-order valence-corrected chi connectivity index (χ2v) is 10.4. The summed E-state index contributed by atoms with van der Waals surface area (Å²) in [5.74, 6) is 0. The Balaban J connectivity index is 1.55. The number of piperazine rings is 1. The van der Waals surface area contributed by atoms with Crippen LogP contribution in [0.2, 0.25) is 5.02 Å². The van der Waals surface area contributed by atoms with E-state index in [-0.39, 0.29) is 0 Å². The van der Waals surface area contributed by atoms with Gasteiger partial charge >= 0.3 is 0 Å². The second kappa shape index (κ2) is 11.5. The topological polar surface area (TPSA) is 37.2 Å². The normalized spacial score (nSPS) is 16.2. The van der Waals surface area contributed by atoms with Crippen LogP contribution in [0, 0.1) is 0 Å². The first-order valence-corrected chi connectivity index (χ1v) is 13.8. The third-order valence-electron chi connectivity index (χ3n) is 7.54. The molecule has 1 fully saturated rings. The van der Waals surface area contributed by atoms with E-state index in [4.69, 9.17) is 16.6 Å². The van der Waals surface area contributed by atoms with E-state index in [9.17, 15) is 0 Å². The van der Waals surface area contributed by atoms with Gasteiger partial charge < -0.3 is 9.80 Å². The molecule has 0 saturated carbocycles. The van der Waals surface area contributed by atoms with Gasteiger partial charge in [0.15, 0.2) is 0 Å². The summed E-state index contributed by atoms with van der Waals surface area (Å²) in [5, 5.41) is 6.25. The number of hydrogen-bond acceptors (Lipinski definition) is 4. The Morgan fingerprint density at radius 1 is 1.14 bits per heavy atom. The summed E-state index contributed by atoms with van der Waals surface area (Å²) in [5.41, 5.74) is 6.10. The molecule has 0 amide bonds. The zero-order chi connectivity index (χ0) is 25.8. The molecule has 5 nitrogen and oxygen atoms in total. The summed E-state index contributed by atoms with van der Waals surface area (Å²) in [6.07, 6.45) is 9.56. The molecule has 0 radical (unpaired) electrons. The highest BCUT2D eigenvalue weighted by molar-refractivity contribution is 6.35. The van der Waals surface area contributed by atoms with Crippen molar-refractivity contribution in [1.82, 2.24) is 24.6 Å². The Morgan fingerprint density at radius 2 is 1.92 bits per heavy atom. The molecule has 0 aliphatic carbocycles. The summed E-state index contributed by atoms with van der Waals surface area (Å²) >= 11 is 6.70. The average Bonchev–Trinajstić information content (AvgIpc) is 3.37. The van der Waals surface area contributed by atoms with Crippen molar-refractivity contribution < 1.29 is 0 Å². The van der Waals surface area contributed by atoms with Gasteiger partial charge in [0.1, 0.15) is 0 Å². The van der Waals surface area contributed by atoms with Crippen LogP contribution in [0.25, 0.3) is 27.9 Å². The number of allylic oxidation sites excluding steroid dienone is 1. The number of nitrogens with zero attached hydrogens (tertiary/aromatic N) is 5. The number of fused-ring (bicyclic) bond motifs is 1. The molecule has 2 aromatic heterocycles. The van der Waals surface area contributed by atoms with Gasteiger partial charge in [-0.1, -0.05) is 64.1 Å². The molecule has 4 rings (SSSR count). The predicted molar refractivity (Wildman–Crippen MR) is 153 cm³/mol. The average molecular weight is 506 g/mol. The van der Waals surface area contributed by atoms with E-state index in [2.05, 4.69) is 80.1 Å². The monoisotopic (exact) mass is 505 g/mol. The van der Waals surface area contributed by atoms with Crippen molar-refractivity contribution in [3.8, 4) is 11.3 Å². The predicted octanol–water partition coefficient (Wildman–Crippen LogP) is 7.79. The van der Waals surface area contributed by atoms with E-state index in [0.717, 1.165) is 72.3 Å². The minimum atomic E-state index is 0.399. The second-order valence-electron chi connectivity index (χ2n) is 10.0. The van der Waals surface area contributed by atoms with Gasteiger partial charge in [-0.15, -0.1) is 0 Å². The van der Waals surface area contributed by atoms with Crippen LogP contribution in [-0.2, 0) is 0 Å². The lowest BCUT2D eigenvalue weighted by molar-refractivity contribution is 0.149. The Bertz CT molecular complexity index is 1230. The lowest BCUT2D eigenvalue weighted by Gasteiger charge is -2.43. The molecule has 0 N–H and O–H groups in total. The summed E-state index contributed by atoms with van der Waals surface area (Å²) in [7, 11) is 0. The quantitative estimate of drug-likeness (QED) is 0.281. The molecule has 3 heterocycles. The van der Waals surface area contributed by atoms with Gasteiger partial charge in [0.05, 0.1) is 28.5 Å². The Morgan fingerprint density at radius 3 is 2.61 bits per heavy atom. The van der Waals surface area contributed by atoms with Gasteiger partial charge in [-0.3, -0.25) is 4.68 Å². The number of pyridine rings is 1. The molecular weight excluding hydrogens is 466 g/mol. The number of hydrogen-bond donors (Lipinski definition) is 0. The van der Waals surface area contributed by atoms with E-state index in [1.54, 1.807) is 0 Å². The molecule has 3 aromatic rings. The lowest BCUT2D eigenvalue weighted by atomic mass is 10.0. The number of rotatable bonds is 10. The smallest absolute Gasteiger partial charge is 0.0756 e. The van der Waals surface area contributed by atoms with Crippen molar-refractivity contribution in [2.75, 3.05) is 19.6 Å². The highest BCUT2D eigenvalue weighted by Gasteiger charge is 2.25. The summed E-state index contributed by atoms with van der Waals surface area (Å²) < 4.78 is 2.05. The molecule has 6 heteroatoms. The zero-order valence-corrected chi connectivity index (χ0v) is 23.1. The lowest BCUT2D eigenvalue weighted by Crippen LogP contribution is -2.50. The first-order valence-electron chi connectivity index (χ1n) is 13.4. The Kier molecular flexibility index (Phi) is 8.40. The maximum atomic E-state index is 6.70. The highest BCUT2D eigenvalue weighted by atomic mass is 35.5. The van der Waals surface area contributed by atoms with E-state index >= 15 is 0 Å². The standard InChI is InChI=1S/C30H40ClN5/c1-7-10-11-21(4)35-15-14-34(19-22(35)5)23(6)24-12-13-27-28(31)17-29(33-30(27)16-24)25-18-32-36(20-25)26(8-2)9-3/h12-13,16-18,20,22,26H,4,6-11,14-15,19H2,1-3,5H3. The molecular formula is C30H40ClN5. The van der Waals surface area contributed by atoms with Crippen LogP contribution in [0.4, 0.5) is 0 Å². The van der Waals surface area contributed by atoms with Crippen LogP contribution in [0.15, 0.2) is 55.5 Å². The summed E-state index contributed by atoms with van der Waals surface area (Å²) in [6, 6.07) is 9.05. The maximum Gasteiger partial charge on any atom is 0.0756 e. The molecule has 1 aromatic carbocycles. The fourth-order valence-corrected chi connectivity index (χ4v) is 5.49. The minimum Gasteiger partial charge on any atom is -0.369 e. The van der Waals surface area contributed by atoms with Crippen LogP contribution in [0.3, 0.4) is 0 Å². The molecule has 1 saturated heterocycles. The highest BCUT2D eigenvalue weighted by Crippen LogP contribution is 2.32. The van der Waals surface area contributed by atoms with Crippen molar-refractivity contribution in [2.24, 2.45) is 0 Å². The number of unbranched alkanes of at least 4 members (excludes halogenated alkanes) is 1. The van der Waals surface area contributed by atoms with Gasteiger partial charge in [-0.2, -0.15) is 5.10 Å². The largest absolute Gasteiger partial charge is 0.369 e. The van der Waals surface area contributed by atoms with Crippen molar-refractivity contribution in [2.45, 2.75) is 71.9 Å². The van der Waals surface area contributed by atoms with Gasteiger partial charge in [-0.05, 0) is 50.3 Å². The van der Waals surface area contributed by atoms with Crippen LogP contribution >= 0.6 is 11.6 Å². The molecule has 0 spiro atoms. The maximum absolute atomic E-state index is 6.70. The molecule has 0 bridgehead atoms. The van der Waals surface area contributed by atoms with E-state index in [1.807, 2.05) is 16.9 Å². The van der Waals surface area contributed by atoms with E-state index in [0.29, 0.717) is 17.1 Å². The van der Waals surface area contributed by atoms with Crippen LogP contribution in [0.1, 0.15) is 71.4 Å². The first-order chi connectivity index (χ1) is 17.4. The number of halogens is 1. The van der Waals surface area contributed by atoms with Crippen LogP contribution < -0.4 is 0 Å². The van der Waals surface area contributed by atoms with E-state index in [1.165, 1.54) is 18.5 Å². The third kappa shape index (κ3) is 5.46. The summed E-state index contributed by atoms with van der Waals surface area (Å²) in [4.78, 5) is 9.84. The Hall–Kier alpha value is -2.79. The van der Waals surface area contributed by atoms with Crippen LogP contribution in [0.5, 0.6) is 0 Å². The van der Waals surface area contributed by atoms with Crippen molar-refractivity contribution >= 4 is 28.2 Å². The van der Waals surface area contributed by atoms with Crippen molar-refractivity contribution in [1.29, 1.82) is 0 Å². The van der Waals surface area contributed by atoms with Gasteiger partial charge in [0.2, 0.25) is 0 Å². The minimum absolute atomic E-state index is 0.399.